The van der Waals surface area contributed by atoms with E-state index >= 15 is 0 Å². The maximum absolute atomic E-state index is 12.5. The van der Waals surface area contributed by atoms with Crippen molar-refractivity contribution in [1.82, 2.24) is 4.90 Å². The van der Waals surface area contributed by atoms with E-state index in [9.17, 15) is 9.59 Å². The minimum atomic E-state index is -0.152. The minimum absolute atomic E-state index is 0.0404. The largest absolute Gasteiger partial charge is 0.368 e. The fraction of sp³-hybridized carbons (Fsp3) is 0.154. The first kappa shape index (κ1) is 21.8. The van der Waals surface area contributed by atoms with E-state index in [0.29, 0.717) is 18.7 Å². The number of hydrogen-bond acceptors (Lipinski definition) is 3. The first-order chi connectivity index (χ1) is 15.6. The zero-order valence-electron chi connectivity index (χ0n) is 17.6. The summed E-state index contributed by atoms with van der Waals surface area (Å²) in [5.74, 6) is -0.112. The third kappa shape index (κ3) is 5.45. The lowest BCUT2D eigenvalue weighted by Crippen LogP contribution is -2.48. The van der Waals surface area contributed by atoms with Gasteiger partial charge in [-0.2, -0.15) is 0 Å². The van der Waals surface area contributed by atoms with Gasteiger partial charge >= 0.3 is 0 Å². The molecular weight excluding hydrogens is 466 g/mol. The van der Waals surface area contributed by atoms with E-state index in [1.807, 2.05) is 83.8 Å². The Morgan fingerprint density at radius 1 is 0.812 bits per heavy atom. The Balaban J connectivity index is 1.30. The molecule has 162 valence electrons. The summed E-state index contributed by atoms with van der Waals surface area (Å²) in [5, 5.41) is 2.93. The Labute approximate surface area is 196 Å². The maximum Gasteiger partial charge on any atom is 0.256 e. The molecule has 2 amide bonds. The highest BCUT2D eigenvalue weighted by atomic mass is 79.9. The molecule has 0 unspecified atom stereocenters. The van der Waals surface area contributed by atoms with Crippen molar-refractivity contribution in [1.29, 1.82) is 0 Å². The van der Waals surface area contributed by atoms with Crippen molar-refractivity contribution >= 4 is 45.2 Å². The molecule has 0 aliphatic carbocycles. The lowest BCUT2D eigenvalue weighted by Gasteiger charge is -2.35. The number of rotatable bonds is 5. The average Bonchev–Trinajstić information content (AvgIpc) is 2.84. The van der Waals surface area contributed by atoms with E-state index < -0.39 is 0 Å². The quantitative estimate of drug-likeness (QED) is 0.509. The predicted octanol–water partition coefficient (Wildman–Crippen LogP) is 5.06. The van der Waals surface area contributed by atoms with Gasteiger partial charge in [0.2, 0.25) is 5.91 Å². The summed E-state index contributed by atoms with van der Waals surface area (Å²) in [6.07, 6.45) is 3.50. The van der Waals surface area contributed by atoms with Crippen LogP contribution in [-0.4, -0.2) is 42.9 Å². The number of nitrogens with one attached hydrogen (secondary N) is 1. The number of amides is 2. The van der Waals surface area contributed by atoms with Crippen LogP contribution in [-0.2, 0) is 4.79 Å². The maximum atomic E-state index is 12.5. The summed E-state index contributed by atoms with van der Waals surface area (Å²) in [6, 6.07) is 25.0. The van der Waals surface area contributed by atoms with Crippen molar-refractivity contribution in [3.8, 4) is 0 Å². The summed E-state index contributed by atoms with van der Waals surface area (Å²) in [7, 11) is 0. The third-order valence-corrected chi connectivity index (χ3v) is 6.11. The number of halogens is 1. The van der Waals surface area contributed by atoms with E-state index in [2.05, 4.69) is 26.1 Å². The van der Waals surface area contributed by atoms with Crippen molar-refractivity contribution in [2.45, 2.75) is 0 Å². The van der Waals surface area contributed by atoms with Crippen LogP contribution in [0.5, 0.6) is 0 Å². The second-order valence-electron chi connectivity index (χ2n) is 7.54. The van der Waals surface area contributed by atoms with Crippen LogP contribution in [0, 0.1) is 0 Å². The Hall–Kier alpha value is -3.38. The highest BCUT2D eigenvalue weighted by Gasteiger charge is 2.20. The van der Waals surface area contributed by atoms with Crippen molar-refractivity contribution in [3.63, 3.8) is 0 Å². The van der Waals surface area contributed by atoms with Crippen LogP contribution in [0.15, 0.2) is 89.4 Å². The molecule has 1 heterocycles. The number of piperazine rings is 1. The Bertz CT molecular complexity index is 1110. The Morgan fingerprint density at radius 3 is 2.16 bits per heavy atom. The molecule has 0 radical (unpaired) electrons. The molecule has 6 heteroatoms. The fourth-order valence-corrected chi connectivity index (χ4v) is 4.09. The zero-order chi connectivity index (χ0) is 22.3. The van der Waals surface area contributed by atoms with E-state index in [-0.39, 0.29) is 11.8 Å². The molecule has 1 saturated heterocycles. The zero-order valence-corrected chi connectivity index (χ0v) is 19.2. The smallest absolute Gasteiger partial charge is 0.256 e. The van der Waals surface area contributed by atoms with Crippen molar-refractivity contribution in [3.05, 3.63) is 101 Å². The summed E-state index contributed by atoms with van der Waals surface area (Å²) in [4.78, 5) is 29.1. The van der Waals surface area contributed by atoms with Gasteiger partial charge in [-0.1, -0.05) is 42.5 Å². The van der Waals surface area contributed by atoms with Gasteiger partial charge in [0.15, 0.2) is 0 Å². The summed E-state index contributed by atoms with van der Waals surface area (Å²) >= 11 is 3.41. The molecular formula is C26H24BrN3O2. The summed E-state index contributed by atoms with van der Waals surface area (Å²) < 4.78 is 0.764. The summed E-state index contributed by atoms with van der Waals surface area (Å²) in [6.45, 7) is 2.90. The normalized spacial score (nSPS) is 13.9. The monoisotopic (exact) mass is 489 g/mol. The van der Waals surface area contributed by atoms with Gasteiger partial charge in [0.25, 0.3) is 5.91 Å². The second-order valence-corrected chi connectivity index (χ2v) is 8.39. The summed E-state index contributed by atoms with van der Waals surface area (Å²) in [5.41, 5.74) is 3.44. The molecule has 0 aromatic heterocycles. The van der Waals surface area contributed by atoms with E-state index in [1.165, 1.54) is 0 Å². The Kier molecular flexibility index (Phi) is 7.02. The highest BCUT2D eigenvalue weighted by Crippen LogP contribution is 2.22. The molecule has 0 spiro atoms. The molecule has 32 heavy (non-hydrogen) atoms. The van der Waals surface area contributed by atoms with Gasteiger partial charge in [0, 0.05) is 48.1 Å². The molecule has 0 saturated carbocycles. The van der Waals surface area contributed by atoms with Crippen LogP contribution >= 0.6 is 15.9 Å². The number of anilines is 2. The van der Waals surface area contributed by atoms with Crippen LogP contribution in [0.2, 0.25) is 0 Å². The number of carbonyl (C=O) groups is 2. The standard InChI is InChI=1S/C26H24BrN3O2/c27-24-9-5-4-8-23(24)26(32)28-21-11-13-22(14-12-21)29-16-18-30(19-17-29)25(31)15-10-20-6-2-1-3-7-20/h1-15H,16-19H2,(H,28,32)/b15-10+. The van der Waals surface area contributed by atoms with Crippen LogP contribution < -0.4 is 10.2 Å². The van der Waals surface area contributed by atoms with Crippen LogP contribution in [0.3, 0.4) is 0 Å². The average molecular weight is 490 g/mol. The minimum Gasteiger partial charge on any atom is -0.368 e. The molecule has 0 bridgehead atoms. The second kappa shape index (κ2) is 10.3. The van der Waals surface area contributed by atoms with Crippen molar-refractivity contribution in [2.75, 3.05) is 36.4 Å². The van der Waals surface area contributed by atoms with E-state index in [4.69, 9.17) is 0 Å². The first-order valence-electron chi connectivity index (χ1n) is 10.5. The SMILES string of the molecule is O=C(Nc1ccc(N2CCN(C(=O)/C=C/c3ccccc3)CC2)cc1)c1ccccc1Br. The van der Waals surface area contributed by atoms with Gasteiger partial charge in [0.05, 0.1) is 5.56 Å². The van der Waals surface area contributed by atoms with Crippen molar-refractivity contribution in [2.24, 2.45) is 0 Å². The van der Waals surface area contributed by atoms with E-state index in [1.54, 1.807) is 12.1 Å². The van der Waals surface area contributed by atoms with Gasteiger partial charge in [-0.15, -0.1) is 0 Å². The fourth-order valence-electron chi connectivity index (χ4n) is 3.62. The molecule has 3 aromatic carbocycles. The van der Waals surface area contributed by atoms with Gasteiger partial charge in [-0.3, -0.25) is 9.59 Å². The first-order valence-corrected chi connectivity index (χ1v) is 11.3. The lowest BCUT2D eigenvalue weighted by molar-refractivity contribution is -0.126. The molecule has 1 N–H and O–H groups in total. The third-order valence-electron chi connectivity index (χ3n) is 5.42. The topological polar surface area (TPSA) is 52.7 Å². The molecule has 1 aliphatic heterocycles. The van der Waals surface area contributed by atoms with Crippen LogP contribution in [0.25, 0.3) is 6.08 Å². The van der Waals surface area contributed by atoms with Gasteiger partial charge < -0.3 is 15.1 Å². The number of benzene rings is 3. The molecule has 1 aliphatic rings. The lowest BCUT2D eigenvalue weighted by atomic mass is 10.2. The molecule has 5 nitrogen and oxygen atoms in total. The Morgan fingerprint density at radius 2 is 1.47 bits per heavy atom. The van der Waals surface area contributed by atoms with Gasteiger partial charge in [0.1, 0.15) is 0 Å². The van der Waals surface area contributed by atoms with Gasteiger partial charge in [-0.25, -0.2) is 0 Å². The number of nitrogens with zero attached hydrogens (tertiary/aromatic N) is 2. The van der Waals surface area contributed by atoms with Crippen LogP contribution in [0.1, 0.15) is 15.9 Å². The van der Waals surface area contributed by atoms with Crippen LogP contribution in [0.4, 0.5) is 11.4 Å². The highest BCUT2D eigenvalue weighted by molar-refractivity contribution is 9.10. The number of hydrogen-bond donors (Lipinski definition) is 1. The van der Waals surface area contributed by atoms with Gasteiger partial charge in [-0.05, 0) is 64.0 Å². The molecule has 3 aromatic rings. The molecule has 4 rings (SSSR count). The predicted molar refractivity (Wildman–Crippen MR) is 133 cm³/mol. The molecule has 0 atom stereocenters. The van der Waals surface area contributed by atoms with Crippen molar-refractivity contribution < 1.29 is 9.59 Å². The number of carbonyl (C=O) groups excluding carboxylic acids is 2. The molecule has 1 fully saturated rings. The van der Waals surface area contributed by atoms with E-state index in [0.717, 1.165) is 34.5 Å².